The fourth-order valence-corrected chi connectivity index (χ4v) is 0.794. The van der Waals surface area contributed by atoms with Gasteiger partial charge in [0.25, 0.3) is 0 Å². The first kappa shape index (κ1) is 15.1. The molecule has 0 aliphatic rings. The Morgan fingerprint density at radius 2 is 1.73 bits per heavy atom. The van der Waals surface area contributed by atoms with Gasteiger partial charge in [0.2, 0.25) is 0 Å². The highest BCUT2D eigenvalue weighted by molar-refractivity contribution is 9.12. The van der Waals surface area contributed by atoms with Crippen molar-refractivity contribution in [3.05, 3.63) is 0 Å². The molecule has 0 heterocycles. The minimum Gasteiger partial charge on any atom is -0.458 e. The highest BCUT2D eigenvalue weighted by Gasteiger charge is 2.58. The van der Waals surface area contributed by atoms with Crippen LogP contribution in [0.25, 0.3) is 0 Å². The first-order valence-electron chi connectivity index (χ1n) is 3.43. The second-order valence-electron chi connectivity index (χ2n) is 2.43. The van der Waals surface area contributed by atoms with E-state index in [4.69, 9.17) is 0 Å². The Labute approximate surface area is 98.4 Å². The molecule has 90 valence electrons. The standard InChI is InChI=1S/C6H5Br2F5O2/c7-1-3(8)4(14)15-2-5(9,10)6(11,12)13/h3H,1-2H2. The molecule has 9 heteroatoms. The number of ether oxygens (including phenoxy) is 1. The van der Waals surface area contributed by atoms with Gasteiger partial charge in [-0.3, -0.25) is 4.79 Å². The van der Waals surface area contributed by atoms with E-state index in [-0.39, 0.29) is 5.33 Å². The highest BCUT2D eigenvalue weighted by Crippen LogP contribution is 2.35. The molecule has 0 aliphatic heterocycles. The molecule has 0 rings (SSSR count). The van der Waals surface area contributed by atoms with E-state index in [0.29, 0.717) is 0 Å². The number of alkyl halides is 7. The van der Waals surface area contributed by atoms with Gasteiger partial charge >= 0.3 is 18.1 Å². The van der Waals surface area contributed by atoms with Crippen LogP contribution in [0.5, 0.6) is 0 Å². The van der Waals surface area contributed by atoms with Crippen LogP contribution in [0.3, 0.4) is 0 Å². The van der Waals surface area contributed by atoms with Crippen molar-refractivity contribution in [2.75, 3.05) is 11.9 Å². The maximum Gasteiger partial charge on any atom is 0.456 e. The zero-order chi connectivity index (χ0) is 12.3. The Hall–Kier alpha value is 0.0800. The van der Waals surface area contributed by atoms with Gasteiger partial charge < -0.3 is 4.74 Å². The molecule has 0 aromatic heterocycles. The fraction of sp³-hybridized carbons (Fsp3) is 0.833. The largest absolute Gasteiger partial charge is 0.458 e. The summed E-state index contributed by atoms with van der Waals surface area (Å²) in [5, 5.41) is 0.0451. The minimum absolute atomic E-state index is 0.0451. The van der Waals surface area contributed by atoms with E-state index >= 15 is 0 Å². The van der Waals surface area contributed by atoms with E-state index in [1.54, 1.807) is 0 Å². The molecule has 0 amide bonds. The van der Waals surface area contributed by atoms with Crippen molar-refractivity contribution in [1.82, 2.24) is 0 Å². The lowest BCUT2D eigenvalue weighted by atomic mass is 10.3. The van der Waals surface area contributed by atoms with Crippen molar-refractivity contribution in [3.8, 4) is 0 Å². The van der Waals surface area contributed by atoms with Crippen molar-refractivity contribution >= 4 is 37.8 Å². The summed E-state index contributed by atoms with van der Waals surface area (Å²) in [5.41, 5.74) is 0. The van der Waals surface area contributed by atoms with Crippen molar-refractivity contribution in [2.45, 2.75) is 16.9 Å². The van der Waals surface area contributed by atoms with Crippen molar-refractivity contribution in [2.24, 2.45) is 0 Å². The summed E-state index contributed by atoms with van der Waals surface area (Å²) >= 11 is 5.53. The van der Waals surface area contributed by atoms with E-state index < -0.39 is 29.5 Å². The first-order chi connectivity index (χ1) is 6.62. The second kappa shape index (κ2) is 5.42. The molecule has 0 bridgehead atoms. The summed E-state index contributed by atoms with van der Waals surface area (Å²) < 4.78 is 63.1. The van der Waals surface area contributed by atoms with Crippen molar-refractivity contribution in [3.63, 3.8) is 0 Å². The number of halogens is 7. The molecule has 1 atom stereocenters. The third-order valence-corrected chi connectivity index (χ3v) is 3.42. The summed E-state index contributed by atoms with van der Waals surface area (Å²) in [6, 6.07) is 0. The molecule has 1 unspecified atom stereocenters. The highest BCUT2D eigenvalue weighted by atomic mass is 79.9. The maximum atomic E-state index is 12.2. The van der Waals surface area contributed by atoms with Gasteiger partial charge in [-0.25, -0.2) is 0 Å². The first-order valence-corrected chi connectivity index (χ1v) is 5.46. The van der Waals surface area contributed by atoms with E-state index in [1.165, 1.54) is 0 Å². The number of carbonyl (C=O) groups is 1. The van der Waals surface area contributed by atoms with Crippen LogP contribution in [0.4, 0.5) is 22.0 Å². The Balaban J connectivity index is 4.22. The van der Waals surface area contributed by atoms with Crippen LogP contribution in [-0.2, 0) is 9.53 Å². The van der Waals surface area contributed by atoms with Crippen molar-refractivity contribution in [1.29, 1.82) is 0 Å². The summed E-state index contributed by atoms with van der Waals surface area (Å²) in [6.07, 6.45) is -5.72. The molecule has 0 aromatic rings. The van der Waals surface area contributed by atoms with Gasteiger partial charge in [0.1, 0.15) is 4.83 Å². The van der Waals surface area contributed by atoms with Gasteiger partial charge in [-0.15, -0.1) is 0 Å². The van der Waals surface area contributed by atoms with Gasteiger partial charge in [0.15, 0.2) is 6.61 Å². The van der Waals surface area contributed by atoms with Gasteiger partial charge in [-0.05, 0) is 0 Å². The number of rotatable bonds is 4. The maximum absolute atomic E-state index is 12.2. The van der Waals surface area contributed by atoms with Crippen LogP contribution in [0.2, 0.25) is 0 Å². The average Bonchev–Trinajstić information content (AvgIpc) is 2.11. The Morgan fingerprint density at radius 1 is 1.27 bits per heavy atom. The number of hydrogen-bond acceptors (Lipinski definition) is 2. The lowest BCUT2D eigenvalue weighted by molar-refractivity contribution is -0.294. The molecule has 0 saturated carbocycles. The minimum atomic E-state index is -5.72. The zero-order valence-corrected chi connectivity index (χ0v) is 10.1. The average molecular weight is 364 g/mol. The van der Waals surface area contributed by atoms with Crippen LogP contribution in [0, 0.1) is 0 Å². The molecule has 0 N–H and O–H groups in total. The molecule has 0 radical (unpaired) electrons. The van der Waals surface area contributed by atoms with E-state index in [9.17, 15) is 26.7 Å². The third-order valence-electron chi connectivity index (χ3n) is 1.20. The summed E-state index contributed by atoms with van der Waals surface area (Å²) in [5.74, 6) is -6.21. The monoisotopic (exact) mass is 362 g/mol. The summed E-state index contributed by atoms with van der Waals surface area (Å²) in [4.78, 5) is 9.79. The van der Waals surface area contributed by atoms with Gasteiger partial charge in [0, 0.05) is 5.33 Å². The smallest absolute Gasteiger partial charge is 0.456 e. The van der Waals surface area contributed by atoms with E-state index in [2.05, 4.69) is 36.6 Å². The third kappa shape index (κ3) is 4.62. The second-order valence-corrected chi connectivity index (χ2v) is 4.18. The van der Waals surface area contributed by atoms with E-state index in [1.807, 2.05) is 0 Å². The topological polar surface area (TPSA) is 26.3 Å². The molecular formula is C6H5Br2F5O2. The number of carbonyl (C=O) groups excluding carboxylic acids is 1. The molecule has 15 heavy (non-hydrogen) atoms. The molecule has 0 aromatic carbocycles. The van der Waals surface area contributed by atoms with Crippen molar-refractivity contribution < 1.29 is 31.5 Å². The molecule has 0 fully saturated rings. The SMILES string of the molecule is O=C(OCC(F)(F)C(F)(F)F)C(Br)CBr. The lowest BCUT2D eigenvalue weighted by Crippen LogP contribution is -2.42. The van der Waals surface area contributed by atoms with E-state index in [0.717, 1.165) is 0 Å². The predicted octanol–water partition coefficient (Wildman–Crippen LogP) is 2.89. The number of hydrogen-bond donors (Lipinski definition) is 0. The van der Waals surface area contributed by atoms with Gasteiger partial charge in [0.05, 0.1) is 0 Å². The molecular weight excluding hydrogens is 359 g/mol. The zero-order valence-electron chi connectivity index (χ0n) is 6.95. The molecule has 2 nitrogen and oxygen atoms in total. The summed E-state index contributed by atoms with van der Waals surface area (Å²) in [6.45, 7) is -2.01. The van der Waals surface area contributed by atoms with Crippen LogP contribution in [0.1, 0.15) is 0 Å². The van der Waals surface area contributed by atoms with Crippen LogP contribution < -0.4 is 0 Å². The Morgan fingerprint density at radius 3 is 2.07 bits per heavy atom. The normalized spacial score (nSPS) is 14.9. The van der Waals surface area contributed by atoms with Crippen LogP contribution >= 0.6 is 31.9 Å². The van der Waals surface area contributed by atoms with Gasteiger partial charge in [-0.2, -0.15) is 22.0 Å². The molecule has 0 saturated heterocycles. The van der Waals surface area contributed by atoms with Crippen LogP contribution in [0.15, 0.2) is 0 Å². The molecule has 0 spiro atoms. The lowest BCUT2D eigenvalue weighted by Gasteiger charge is -2.19. The van der Waals surface area contributed by atoms with Gasteiger partial charge in [-0.1, -0.05) is 31.9 Å². The Bertz CT molecular complexity index is 230. The molecule has 0 aliphatic carbocycles. The number of esters is 1. The fourth-order valence-electron chi connectivity index (χ4n) is 0.397. The predicted molar refractivity (Wildman–Crippen MR) is 48.5 cm³/mol. The Kier molecular flexibility index (Phi) is 5.45. The van der Waals surface area contributed by atoms with Crippen LogP contribution in [-0.4, -0.2) is 34.8 Å². The quantitative estimate of drug-likeness (QED) is 0.436. The summed E-state index contributed by atoms with van der Waals surface area (Å²) in [7, 11) is 0.